The average molecular weight is 453 g/mol. The second-order valence-electron chi connectivity index (χ2n) is 6.62. The number of carbonyl (C=O) groups is 1. The van der Waals surface area contributed by atoms with Crippen LogP contribution in [0.4, 0.5) is 15.1 Å². The van der Waals surface area contributed by atoms with Gasteiger partial charge in [-0.1, -0.05) is 42.5 Å². The van der Waals surface area contributed by atoms with Crippen molar-refractivity contribution in [1.29, 1.82) is 0 Å². The molecule has 3 aromatic carbocycles. The summed E-state index contributed by atoms with van der Waals surface area (Å²) >= 11 is 1.38. The zero-order valence-corrected chi connectivity index (χ0v) is 17.7. The van der Waals surface area contributed by atoms with E-state index in [1.54, 1.807) is 12.1 Å². The van der Waals surface area contributed by atoms with Crippen molar-refractivity contribution in [2.45, 2.75) is 4.90 Å². The lowest BCUT2D eigenvalue weighted by molar-refractivity contribution is 0.102. The third-order valence-electron chi connectivity index (χ3n) is 4.48. The molecule has 0 saturated heterocycles. The summed E-state index contributed by atoms with van der Waals surface area (Å²) in [5, 5.41) is 5.39. The average Bonchev–Trinajstić information content (AvgIpc) is 3.23. The van der Waals surface area contributed by atoms with Crippen molar-refractivity contribution in [3.05, 3.63) is 102 Å². The SMILES string of the molecule is O=C(Nc1cc(-c2ccccc2)cs1)c1ccccc1NS(=O)(=O)c1ccc(F)cc1. The third kappa shape index (κ3) is 4.82. The van der Waals surface area contributed by atoms with E-state index in [-0.39, 0.29) is 16.1 Å². The second-order valence-corrected chi connectivity index (χ2v) is 9.22. The topological polar surface area (TPSA) is 75.3 Å². The van der Waals surface area contributed by atoms with Crippen molar-refractivity contribution >= 4 is 38.0 Å². The minimum Gasteiger partial charge on any atom is -0.313 e. The number of thiophene rings is 1. The van der Waals surface area contributed by atoms with Crippen molar-refractivity contribution in [3.8, 4) is 11.1 Å². The highest BCUT2D eigenvalue weighted by atomic mass is 32.2. The highest BCUT2D eigenvalue weighted by Crippen LogP contribution is 2.30. The van der Waals surface area contributed by atoms with Crippen LogP contribution in [0.3, 0.4) is 0 Å². The lowest BCUT2D eigenvalue weighted by Crippen LogP contribution is -2.18. The van der Waals surface area contributed by atoms with Crippen molar-refractivity contribution in [2.75, 3.05) is 10.0 Å². The van der Waals surface area contributed by atoms with Crippen LogP contribution in [0, 0.1) is 5.82 Å². The highest BCUT2D eigenvalue weighted by molar-refractivity contribution is 7.92. The summed E-state index contributed by atoms with van der Waals surface area (Å²) in [6, 6.07) is 22.4. The molecule has 4 aromatic rings. The van der Waals surface area contributed by atoms with Crippen LogP contribution < -0.4 is 10.0 Å². The molecule has 1 aromatic heterocycles. The number of benzene rings is 3. The molecule has 156 valence electrons. The Kier molecular flexibility index (Phi) is 5.83. The summed E-state index contributed by atoms with van der Waals surface area (Å²) in [5.74, 6) is -0.983. The van der Waals surface area contributed by atoms with Gasteiger partial charge in [0.15, 0.2) is 0 Å². The molecule has 0 aliphatic carbocycles. The second kappa shape index (κ2) is 8.71. The first-order valence-electron chi connectivity index (χ1n) is 9.25. The number of rotatable bonds is 6. The zero-order valence-electron chi connectivity index (χ0n) is 16.1. The lowest BCUT2D eigenvalue weighted by Gasteiger charge is -2.12. The van der Waals surface area contributed by atoms with Gasteiger partial charge in [0.1, 0.15) is 5.82 Å². The number of sulfonamides is 1. The van der Waals surface area contributed by atoms with E-state index in [1.807, 2.05) is 41.8 Å². The molecule has 0 saturated carbocycles. The van der Waals surface area contributed by atoms with E-state index in [0.29, 0.717) is 5.00 Å². The van der Waals surface area contributed by atoms with Crippen LogP contribution in [0.2, 0.25) is 0 Å². The molecule has 0 unspecified atom stereocenters. The standard InChI is InChI=1S/C23H17FN2O3S2/c24-18-10-12-19(13-11-18)31(28,29)26-21-9-5-4-8-20(21)23(27)25-22-14-17(15-30-22)16-6-2-1-3-7-16/h1-15,26H,(H,25,27). The normalized spacial score (nSPS) is 11.1. The number of hydrogen-bond donors (Lipinski definition) is 2. The summed E-state index contributed by atoms with van der Waals surface area (Å²) in [5.41, 5.74) is 2.31. The Morgan fingerprint density at radius 3 is 2.26 bits per heavy atom. The molecule has 8 heteroatoms. The van der Waals surface area contributed by atoms with Crippen LogP contribution in [-0.4, -0.2) is 14.3 Å². The zero-order chi connectivity index (χ0) is 21.8. The minimum atomic E-state index is -3.98. The quantitative estimate of drug-likeness (QED) is 0.399. The maximum Gasteiger partial charge on any atom is 0.261 e. The predicted octanol–water partition coefficient (Wildman–Crippen LogP) is 5.61. The molecule has 31 heavy (non-hydrogen) atoms. The Hall–Kier alpha value is -3.49. The van der Waals surface area contributed by atoms with Gasteiger partial charge in [-0.15, -0.1) is 11.3 Å². The largest absolute Gasteiger partial charge is 0.313 e. The molecule has 0 fully saturated rings. The van der Waals surface area contributed by atoms with Gasteiger partial charge in [0.05, 0.1) is 21.1 Å². The summed E-state index contributed by atoms with van der Waals surface area (Å²) in [7, 11) is -3.98. The first-order chi connectivity index (χ1) is 14.9. The van der Waals surface area contributed by atoms with Gasteiger partial charge in [0.25, 0.3) is 15.9 Å². The fraction of sp³-hybridized carbons (Fsp3) is 0. The van der Waals surface area contributed by atoms with Gasteiger partial charge < -0.3 is 5.32 Å². The first kappa shape index (κ1) is 20.8. The Balaban J connectivity index is 1.55. The van der Waals surface area contributed by atoms with Crippen LogP contribution in [0.5, 0.6) is 0 Å². The third-order valence-corrected chi connectivity index (χ3v) is 6.71. The molecule has 5 nitrogen and oxygen atoms in total. The van der Waals surface area contributed by atoms with E-state index in [9.17, 15) is 17.6 Å². The molecular formula is C23H17FN2O3S2. The van der Waals surface area contributed by atoms with Gasteiger partial charge in [-0.3, -0.25) is 9.52 Å². The van der Waals surface area contributed by atoms with Gasteiger partial charge in [-0.2, -0.15) is 0 Å². The van der Waals surface area contributed by atoms with Crippen LogP contribution in [-0.2, 0) is 10.0 Å². The molecule has 0 aliphatic heterocycles. The molecule has 0 radical (unpaired) electrons. The molecule has 1 heterocycles. The summed E-state index contributed by atoms with van der Waals surface area (Å²) in [6.07, 6.45) is 0. The fourth-order valence-corrected chi connectivity index (χ4v) is 4.83. The van der Waals surface area contributed by atoms with Gasteiger partial charge in [0.2, 0.25) is 0 Å². The molecule has 4 rings (SSSR count). The van der Waals surface area contributed by atoms with Gasteiger partial charge in [-0.25, -0.2) is 12.8 Å². The lowest BCUT2D eigenvalue weighted by atomic mass is 10.1. The van der Waals surface area contributed by atoms with E-state index < -0.39 is 21.7 Å². The number of para-hydroxylation sites is 1. The van der Waals surface area contributed by atoms with Crippen LogP contribution in [0.15, 0.2) is 95.2 Å². The van der Waals surface area contributed by atoms with Crippen molar-refractivity contribution < 1.29 is 17.6 Å². The van der Waals surface area contributed by atoms with Crippen LogP contribution >= 0.6 is 11.3 Å². The van der Waals surface area contributed by atoms with E-state index in [2.05, 4.69) is 10.0 Å². The van der Waals surface area contributed by atoms with E-state index in [0.717, 1.165) is 35.4 Å². The molecule has 0 spiro atoms. The number of nitrogens with one attached hydrogen (secondary N) is 2. The number of anilines is 2. The summed E-state index contributed by atoms with van der Waals surface area (Å²) in [4.78, 5) is 12.8. The number of halogens is 1. The number of amides is 1. The van der Waals surface area contributed by atoms with Crippen molar-refractivity contribution in [1.82, 2.24) is 0 Å². The molecular weight excluding hydrogens is 435 g/mol. The van der Waals surface area contributed by atoms with Gasteiger partial charge in [0, 0.05) is 5.38 Å². The predicted molar refractivity (Wildman–Crippen MR) is 121 cm³/mol. The summed E-state index contributed by atoms with van der Waals surface area (Å²) < 4.78 is 40.8. The Morgan fingerprint density at radius 1 is 0.839 bits per heavy atom. The maximum atomic E-state index is 13.1. The van der Waals surface area contributed by atoms with E-state index in [4.69, 9.17) is 0 Å². The van der Waals surface area contributed by atoms with Gasteiger partial charge in [-0.05, 0) is 53.6 Å². The number of carbonyl (C=O) groups excluding carboxylic acids is 1. The minimum absolute atomic E-state index is 0.102. The van der Waals surface area contributed by atoms with Crippen molar-refractivity contribution in [2.24, 2.45) is 0 Å². The van der Waals surface area contributed by atoms with E-state index >= 15 is 0 Å². The van der Waals surface area contributed by atoms with Gasteiger partial charge >= 0.3 is 0 Å². The van der Waals surface area contributed by atoms with Crippen LogP contribution in [0.1, 0.15) is 10.4 Å². The maximum absolute atomic E-state index is 13.1. The summed E-state index contributed by atoms with van der Waals surface area (Å²) in [6.45, 7) is 0. The van der Waals surface area contributed by atoms with Crippen LogP contribution in [0.25, 0.3) is 11.1 Å². The fourth-order valence-electron chi connectivity index (χ4n) is 2.95. The Labute approximate surface area is 183 Å². The smallest absolute Gasteiger partial charge is 0.261 e. The highest BCUT2D eigenvalue weighted by Gasteiger charge is 2.19. The Bertz CT molecular complexity index is 1320. The van der Waals surface area contributed by atoms with Crippen molar-refractivity contribution in [3.63, 3.8) is 0 Å². The monoisotopic (exact) mass is 452 g/mol. The Morgan fingerprint density at radius 2 is 1.52 bits per heavy atom. The molecule has 2 N–H and O–H groups in total. The molecule has 0 bridgehead atoms. The molecule has 0 aliphatic rings. The molecule has 0 atom stereocenters. The number of hydrogen-bond acceptors (Lipinski definition) is 4. The first-order valence-corrected chi connectivity index (χ1v) is 11.6. The molecule has 1 amide bonds. The van der Waals surface area contributed by atoms with E-state index in [1.165, 1.54) is 23.5 Å².